The van der Waals surface area contributed by atoms with Crippen molar-refractivity contribution in [3.05, 3.63) is 46.7 Å². The molecule has 5 rings (SSSR count). The molecule has 10 heteroatoms. The summed E-state index contributed by atoms with van der Waals surface area (Å²) in [7, 11) is 1.60. The van der Waals surface area contributed by atoms with E-state index in [1.54, 1.807) is 24.1 Å². The first kappa shape index (κ1) is 23.8. The highest BCUT2D eigenvalue weighted by atomic mass is 35.5. The van der Waals surface area contributed by atoms with Crippen LogP contribution in [0.15, 0.2) is 36.7 Å². The molecule has 0 aliphatic carbocycles. The van der Waals surface area contributed by atoms with Gasteiger partial charge in [-0.3, -0.25) is 0 Å². The minimum Gasteiger partial charge on any atom is -0.493 e. The molecule has 1 amide bonds. The second-order valence-corrected chi connectivity index (χ2v) is 9.86. The lowest BCUT2D eigenvalue weighted by atomic mass is 9.89. The molecule has 35 heavy (non-hydrogen) atoms. The van der Waals surface area contributed by atoms with Gasteiger partial charge in [0, 0.05) is 29.2 Å². The number of aromatic nitrogens is 2. The van der Waals surface area contributed by atoms with Crippen molar-refractivity contribution in [3.63, 3.8) is 0 Å². The number of hydrogen-bond donors (Lipinski definition) is 2. The molecule has 2 atom stereocenters. The van der Waals surface area contributed by atoms with Crippen molar-refractivity contribution in [2.75, 3.05) is 19.0 Å². The van der Waals surface area contributed by atoms with Crippen molar-refractivity contribution in [2.24, 2.45) is 5.92 Å². The highest BCUT2D eigenvalue weighted by Gasteiger charge is 2.43. The van der Waals surface area contributed by atoms with Gasteiger partial charge in [-0.25, -0.2) is 14.8 Å². The van der Waals surface area contributed by atoms with Gasteiger partial charge in [-0.1, -0.05) is 23.2 Å². The molecule has 184 valence electrons. The van der Waals surface area contributed by atoms with E-state index in [4.69, 9.17) is 32.7 Å². The Balaban J connectivity index is 1.28. The van der Waals surface area contributed by atoms with Gasteiger partial charge in [0.1, 0.15) is 12.1 Å². The van der Waals surface area contributed by atoms with Gasteiger partial charge in [0.25, 0.3) is 0 Å². The minimum atomic E-state index is -0.789. The van der Waals surface area contributed by atoms with E-state index >= 15 is 0 Å². The van der Waals surface area contributed by atoms with Crippen molar-refractivity contribution in [1.82, 2.24) is 14.9 Å². The fourth-order valence-electron chi connectivity index (χ4n) is 5.32. The number of fused-ring (bicyclic) bond motifs is 3. The molecule has 0 spiro atoms. The van der Waals surface area contributed by atoms with E-state index in [1.165, 1.54) is 6.33 Å². The van der Waals surface area contributed by atoms with Crippen LogP contribution in [0.2, 0.25) is 10.0 Å². The summed E-state index contributed by atoms with van der Waals surface area (Å²) in [5.74, 6) is 2.27. The maximum absolute atomic E-state index is 11.5. The molecule has 2 unspecified atom stereocenters. The molecule has 3 aromatic rings. The number of ether oxygens (including phenoxy) is 2. The molecule has 8 nitrogen and oxygen atoms in total. The Morgan fingerprint density at radius 1 is 1.11 bits per heavy atom. The molecule has 2 bridgehead atoms. The van der Waals surface area contributed by atoms with E-state index in [1.807, 2.05) is 18.2 Å². The average Bonchev–Trinajstić information content (AvgIpc) is 3.12. The van der Waals surface area contributed by atoms with Gasteiger partial charge in [0.15, 0.2) is 11.5 Å². The third-order valence-corrected chi connectivity index (χ3v) is 7.68. The second kappa shape index (κ2) is 9.95. The van der Waals surface area contributed by atoms with E-state index < -0.39 is 6.09 Å². The topological polar surface area (TPSA) is 96.8 Å². The number of piperidine rings is 1. The number of hydrogen-bond acceptors (Lipinski definition) is 6. The molecule has 2 fully saturated rings. The molecule has 1 aromatic heterocycles. The van der Waals surface area contributed by atoms with Gasteiger partial charge in [-0.05, 0) is 62.3 Å². The van der Waals surface area contributed by atoms with Gasteiger partial charge in [0.2, 0.25) is 0 Å². The Hall–Kier alpha value is -2.97. The third-order valence-electron chi connectivity index (χ3n) is 6.94. The average molecular weight is 517 g/mol. The number of nitrogens with zero attached hydrogens (tertiary/aromatic N) is 3. The van der Waals surface area contributed by atoms with Gasteiger partial charge in [-0.2, -0.15) is 0 Å². The minimum absolute atomic E-state index is 0.143. The predicted molar refractivity (Wildman–Crippen MR) is 135 cm³/mol. The zero-order chi connectivity index (χ0) is 24.5. The van der Waals surface area contributed by atoms with Crippen LogP contribution in [0.25, 0.3) is 10.9 Å². The highest BCUT2D eigenvalue weighted by Crippen LogP contribution is 2.40. The third kappa shape index (κ3) is 4.90. The van der Waals surface area contributed by atoms with Crippen LogP contribution in [-0.2, 0) is 0 Å². The number of methoxy groups -OCH3 is 1. The number of benzene rings is 2. The Morgan fingerprint density at radius 2 is 1.89 bits per heavy atom. The summed E-state index contributed by atoms with van der Waals surface area (Å²) in [6.07, 6.45) is 5.30. The number of nitrogens with one attached hydrogen (secondary N) is 1. The summed E-state index contributed by atoms with van der Waals surface area (Å²) < 4.78 is 11.7. The summed E-state index contributed by atoms with van der Waals surface area (Å²) in [6, 6.07) is 9.28. The zero-order valence-corrected chi connectivity index (χ0v) is 20.7. The van der Waals surface area contributed by atoms with E-state index in [2.05, 4.69) is 15.3 Å². The molecule has 2 N–H and O–H groups in total. The van der Waals surface area contributed by atoms with Gasteiger partial charge >= 0.3 is 6.09 Å². The van der Waals surface area contributed by atoms with E-state index in [0.29, 0.717) is 45.4 Å². The molecule has 2 saturated heterocycles. The fourth-order valence-corrected chi connectivity index (χ4v) is 5.62. The van der Waals surface area contributed by atoms with Gasteiger partial charge in [-0.15, -0.1) is 0 Å². The van der Waals surface area contributed by atoms with Crippen LogP contribution in [0.3, 0.4) is 0 Å². The maximum Gasteiger partial charge on any atom is 0.407 e. The number of amides is 1. The van der Waals surface area contributed by atoms with Crippen molar-refractivity contribution >= 4 is 51.7 Å². The van der Waals surface area contributed by atoms with Gasteiger partial charge < -0.3 is 24.8 Å². The number of carbonyl (C=O) groups is 1. The first-order chi connectivity index (χ1) is 16.9. The van der Waals surface area contributed by atoms with Crippen LogP contribution in [0.4, 0.5) is 16.3 Å². The molecule has 3 heterocycles. The number of halogens is 2. The standard InChI is InChI=1S/C25H26Cl2N4O4/c1-34-22-11-18-21(28-13-29-24(18)30-15-2-5-19(26)20(27)10-15)12-23(22)35-7-6-14-8-16-3-4-17(9-14)31(16)25(32)33/h2,5,10-14,16-17H,3-4,6-9H2,1H3,(H,32,33)(H,28,29,30). The molecular formula is C25H26Cl2N4O4. The number of rotatable bonds is 7. The molecule has 2 aromatic carbocycles. The molecular weight excluding hydrogens is 491 g/mol. The highest BCUT2D eigenvalue weighted by molar-refractivity contribution is 6.42. The van der Waals surface area contributed by atoms with Crippen molar-refractivity contribution in [1.29, 1.82) is 0 Å². The number of anilines is 2. The second-order valence-electron chi connectivity index (χ2n) is 9.05. The number of carboxylic acid groups (broad SMARTS) is 1. The van der Waals surface area contributed by atoms with Crippen molar-refractivity contribution < 1.29 is 19.4 Å². The van der Waals surface area contributed by atoms with Crippen LogP contribution < -0.4 is 14.8 Å². The van der Waals surface area contributed by atoms with Crippen LogP contribution in [-0.4, -0.2) is 51.9 Å². The van der Waals surface area contributed by atoms with Crippen LogP contribution in [0.5, 0.6) is 11.5 Å². The summed E-state index contributed by atoms with van der Waals surface area (Å²) in [6.45, 7) is 0.526. The van der Waals surface area contributed by atoms with Crippen LogP contribution in [0.1, 0.15) is 32.1 Å². The summed E-state index contributed by atoms with van der Waals surface area (Å²) >= 11 is 12.2. The SMILES string of the molecule is COc1cc2c(Nc3ccc(Cl)c(Cl)c3)ncnc2cc1OCCC1CC2CCC(C1)N2C(=O)O. The Labute approximate surface area is 213 Å². The normalized spacial score (nSPS) is 21.2. The van der Waals surface area contributed by atoms with Gasteiger partial charge in [0.05, 0.1) is 29.3 Å². The largest absolute Gasteiger partial charge is 0.493 e. The summed E-state index contributed by atoms with van der Waals surface area (Å²) in [4.78, 5) is 22.0. The zero-order valence-electron chi connectivity index (χ0n) is 19.2. The lowest BCUT2D eigenvalue weighted by Crippen LogP contribution is -2.46. The quantitative estimate of drug-likeness (QED) is 0.376. The Bertz CT molecular complexity index is 1240. The molecule has 0 saturated carbocycles. The van der Waals surface area contributed by atoms with E-state index in [9.17, 15) is 9.90 Å². The Kier molecular flexibility index (Phi) is 6.75. The maximum atomic E-state index is 11.5. The molecule has 2 aliphatic heterocycles. The Morgan fingerprint density at radius 3 is 2.57 bits per heavy atom. The molecule has 0 radical (unpaired) electrons. The summed E-state index contributed by atoms with van der Waals surface area (Å²) in [5.41, 5.74) is 1.47. The first-order valence-electron chi connectivity index (χ1n) is 11.6. The van der Waals surface area contributed by atoms with Crippen molar-refractivity contribution in [2.45, 2.75) is 44.2 Å². The monoisotopic (exact) mass is 516 g/mol. The van der Waals surface area contributed by atoms with Crippen molar-refractivity contribution in [3.8, 4) is 11.5 Å². The van der Waals surface area contributed by atoms with Crippen LogP contribution >= 0.6 is 23.2 Å². The summed E-state index contributed by atoms with van der Waals surface area (Å²) in [5, 5.41) is 14.4. The lowest BCUT2D eigenvalue weighted by Gasteiger charge is -2.37. The predicted octanol–water partition coefficient (Wildman–Crippen LogP) is 6.38. The fraction of sp³-hybridized carbons (Fsp3) is 0.400. The van der Waals surface area contributed by atoms with Crippen LogP contribution in [0, 0.1) is 5.92 Å². The van der Waals surface area contributed by atoms with E-state index in [0.717, 1.165) is 43.2 Å². The smallest absolute Gasteiger partial charge is 0.407 e. The lowest BCUT2D eigenvalue weighted by molar-refractivity contribution is 0.0794. The van der Waals surface area contributed by atoms with E-state index in [-0.39, 0.29) is 12.1 Å². The first-order valence-corrected chi connectivity index (χ1v) is 12.4. The molecule has 2 aliphatic rings.